The summed E-state index contributed by atoms with van der Waals surface area (Å²) in [5.74, 6) is 0.633. The molecule has 1 saturated carbocycles. The van der Waals surface area contributed by atoms with Crippen molar-refractivity contribution in [2.24, 2.45) is 5.92 Å². The van der Waals surface area contributed by atoms with Crippen molar-refractivity contribution < 1.29 is 14.1 Å². The molecule has 2 fully saturated rings. The summed E-state index contributed by atoms with van der Waals surface area (Å²) in [6.07, 6.45) is 4.98. The molecular weight excluding hydrogens is 270 g/mol. The number of carbonyl (C=O) groups excluding carboxylic acids is 2. The third kappa shape index (κ3) is 2.32. The molecule has 1 saturated heterocycles. The molecule has 0 aromatic carbocycles. The molecule has 2 aliphatic rings. The Morgan fingerprint density at radius 3 is 2.71 bits per heavy atom. The Morgan fingerprint density at radius 2 is 2.14 bits per heavy atom. The van der Waals surface area contributed by atoms with Crippen molar-refractivity contribution in [2.75, 3.05) is 0 Å². The molecule has 21 heavy (non-hydrogen) atoms. The lowest BCUT2D eigenvalue weighted by atomic mass is 9.87. The molecule has 0 radical (unpaired) electrons. The van der Waals surface area contributed by atoms with Crippen LogP contribution in [0.1, 0.15) is 45.3 Å². The zero-order chi connectivity index (χ0) is 15.0. The number of carbonyl (C=O) groups is 2. The van der Waals surface area contributed by atoms with Crippen molar-refractivity contribution in [1.29, 1.82) is 0 Å². The number of nitrogens with one attached hydrogen (secondary N) is 1. The van der Waals surface area contributed by atoms with Crippen LogP contribution in [0.4, 0.5) is 0 Å². The molecule has 1 N–H and O–H groups in total. The molecule has 2 heterocycles. The monoisotopic (exact) mass is 291 g/mol. The predicted octanol–water partition coefficient (Wildman–Crippen LogP) is 1.47. The lowest BCUT2D eigenvalue weighted by Crippen LogP contribution is -2.70. The predicted molar refractivity (Wildman–Crippen MR) is 75.0 cm³/mol. The molecule has 1 atom stereocenters. The molecule has 3 rings (SSSR count). The van der Waals surface area contributed by atoms with Gasteiger partial charge >= 0.3 is 0 Å². The van der Waals surface area contributed by atoms with Crippen molar-refractivity contribution in [1.82, 2.24) is 15.4 Å². The second-order valence-corrected chi connectivity index (χ2v) is 6.38. The van der Waals surface area contributed by atoms with Crippen LogP contribution in [-0.2, 0) is 16.1 Å². The number of hydrogen-bond donors (Lipinski definition) is 1. The summed E-state index contributed by atoms with van der Waals surface area (Å²) in [5, 5.41) is 6.68. The van der Waals surface area contributed by atoms with Gasteiger partial charge in [0.1, 0.15) is 11.6 Å². The lowest BCUT2D eigenvalue weighted by molar-refractivity contribution is -0.157. The van der Waals surface area contributed by atoms with E-state index >= 15 is 0 Å². The molecule has 6 nitrogen and oxygen atoms in total. The van der Waals surface area contributed by atoms with Crippen LogP contribution in [0.2, 0.25) is 0 Å². The molecule has 1 aliphatic carbocycles. The number of nitrogens with zero attached hydrogens (tertiary/aromatic N) is 2. The Balaban J connectivity index is 1.92. The van der Waals surface area contributed by atoms with Crippen molar-refractivity contribution in [2.45, 2.75) is 57.7 Å². The molecule has 6 heteroatoms. The van der Waals surface area contributed by atoms with Crippen LogP contribution >= 0.6 is 0 Å². The highest BCUT2D eigenvalue weighted by atomic mass is 16.5. The largest absolute Gasteiger partial charge is 0.360 e. The van der Waals surface area contributed by atoms with Gasteiger partial charge < -0.3 is 14.7 Å². The van der Waals surface area contributed by atoms with Gasteiger partial charge in [0.05, 0.1) is 12.7 Å². The summed E-state index contributed by atoms with van der Waals surface area (Å²) in [7, 11) is 0. The van der Waals surface area contributed by atoms with Crippen molar-refractivity contribution in [3.05, 3.63) is 18.0 Å². The van der Waals surface area contributed by atoms with Crippen LogP contribution in [0.15, 0.2) is 16.8 Å². The van der Waals surface area contributed by atoms with E-state index in [2.05, 4.69) is 10.5 Å². The Kier molecular flexibility index (Phi) is 3.47. The molecular formula is C15H21N3O3. The maximum Gasteiger partial charge on any atom is 0.249 e. The lowest BCUT2D eigenvalue weighted by Gasteiger charge is -2.45. The minimum atomic E-state index is -0.692. The molecule has 2 amide bonds. The van der Waals surface area contributed by atoms with Gasteiger partial charge in [-0.15, -0.1) is 0 Å². The number of rotatable bonds is 3. The van der Waals surface area contributed by atoms with Crippen molar-refractivity contribution >= 4 is 11.8 Å². The zero-order valence-corrected chi connectivity index (χ0v) is 12.5. The number of piperazine rings is 1. The van der Waals surface area contributed by atoms with Gasteiger partial charge in [0.2, 0.25) is 11.8 Å². The Bertz CT molecular complexity index is 532. The quantitative estimate of drug-likeness (QED) is 0.915. The van der Waals surface area contributed by atoms with Crippen molar-refractivity contribution in [3.8, 4) is 0 Å². The summed E-state index contributed by atoms with van der Waals surface area (Å²) in [4.78, 5) is 27.2. The third-order valence-electron chi connectivity index (χ3n) is 4.54. The second kappa shape index (κ2) is 5.16. The van der Waals surface area contributed by atoms with Crippen molar-refractivity contribution in [3.63, 3.8) is 0 Å². The van der Waals surface area contributed by atoms with Gasteiger partial charge in [-0.25, -0.2) is 0 Å². The van der Waals surface area contributed by atoms with Gasteiger partial charge in [0.15, 0.2) is 5.76 Å². The smallest absolute Gasteiger partial charge is 0.249 e. The van der Waals surface area contributed by atoms with Gasteiger partial charge in [-0.05, 0) is 18.8 Å². The van der Waals surface area contributed by atoms with Crippen LogP contribution in [0, 0.1) is 5.92 Å². The second-order valence-electron chi connectivity index (χ2n) is 6.38. The van der Waals surface area contributed by atoms with Gasteiger partial charge in [-0.2, -0.15) is 0 Å². The summed E-state index contributed by atoms with van der Waals surface area (Å²) in [6.45, 7) is 4.21. The number of hydrogen-bond acceptors (Lipinski definition) is 4. The van der Waals surface area contributed by atoms with Crippen LogP contribution in [0.3, 0.4) is 0 Å². The van der Waals surface area contributed by atoms with E-state index < -0.39 is 11.6 Å². The maximum atomic E-state index is 13.0. The summed E-state index contributed by atoms with van der Waals surface area (Å²) < 4.78 is 5.12. The van der Waals surface area contributed by atoms with Crippen LogP contribution < -0.4 is 5.32 Å². The first-order valence-corrected chi connectivity index (χ1v) is 7.56. The molecule has 1 unspecified atom stereocenters. The zero-order valence-electron chi connectivity index (χ0n) is 12.5. The first-order chi connectivity index (χ1) is 10.0. The van der Waals surface area contributed by atoms with E-state index in [4.69, 9.17) is 4.52 Å². The molecule has 114 valence electrons. The van der Waals surface area contributed by atoms with Crippen LogP contribution in [-0.4, -0.2) is 33.5 Å². The van der Waals surface area contributed by atoms with E-state index in [1.54, 1.807) is 17.2 Å². The summed E-state index contributed by atoms with van der Waals surface area (Å²) in [6, 6.07) is 1.28. The fourth-order valence-corrected chi connectivity index (χ4v) is 3.55. The number of amides is 2. The van der Waals surface area contributed by atoms with E-state index in [-0.39, 0.29) is 17.7 Å². The highest BCUT2D eigenvalue weighted by Gasteiger charge is 2.52. The minimum absolute atomic E-state index is 0.0229. The molecule has 1 spiro atoms. The summed E-state index contributed by atoms with van der Waals surface area (Å²) in [5.41, 5.74) is -0.692. The van der Waals surface area contributed by atoms with Crippen LogP contribution in [0.5, 0.6) is 0 Å². The maximum absolute atomic E-state index is 13.0. The standard InChI is InChI=1S/C15H21N3O3/c1-10(2)12-13(19)17-15(6-3-4-7-15)14(20)18(12)9-11-5-8-16-21-11/h5,8,10,12H,3-4,6-7,9H2,1-2H3,(H,17,19). The van der Waals surface area contributed by atoms with Gasteiger partial charge in [-0.1, -0.05) is 31.8 Å². The van der Waals surface area contributed by atoms with E-state index in [1.807, 2.05) is 13.8 Å². The van der Waals surface area contributed by atoms with E-state index in [9.17, 15) is 9.59 Å². The fraction of sp³-hybridized carbons (Fsp3) is 0.667. The topological polar surface area (TPSA) is 75.4 Å². The molecule has 1 aliphatic heterocycles. The highest BCUT2D eigenvalue weighted by molar-refractivity contribution is 6.00. The highest BCUT2D eigenvalue weighted by Crippen LogP contribution is 2.36. The van der Waals surface area contributed by atoms with E-state index in [0.29, 0.717) is 12.3 Å². The van der Waals surface area contributed by atoms with E-state index in [0.717, 1.165) is 25.7 Å². The minimum Gasteiger partial charge on any atom is -0.360 e. The van der Waals surface area contributed by atoms with Gasteiger partial charge in [0.25, 0.3) is 0 Å². The number of aromatic nitrogens is 1. The normalized spacial score (nSPS) is 24.9. The SMILES string of the molecule is CC(C)C1C(=O)NC2(CCCC2)C(=O)N1Cc1ccno1. The first-order valence-electron chi connectivity index (χ1n) is 7.56. The average molecular weight is 291 g/mol. The molecule has 1 aromatic rings. The molecule has 0 bridgehead atoms. The fourth-order valence-electron chi connectivity index (χ4n) is 3.55. The van der Waals surface area contributed by atoms with Crippen LogP contribution in [0.25, 0.3) is 0 Å². The molecule has 1 aromatic heterocycles. The first kappa shape index (κ1) is 14.1. The average Bonchev–Trinajstić information content (AvgIpc) is 3.07. The Hall–Kier alpha value is -1.85. The third-order valence-corrected chi connectivity index (χ3v) is 4.54. The Labute approximate surface area is 123 Å². The van der Waals surface area contributed by atoms with E-state index in [1.165, 1.54) is 0 Å². The van der Waals surface area contributed by atoms with Gasteiger partial charge in [-0.3, -0.25) is 9.59 Å². The Morgan fingerprint density at radius 1 is 1.43 bits per heavy atom. The van der Waals surface area contributed by atoms with Gasteiger partial charge in [0, 0.05) is 6.07 Å². The summed E-state index contributed by atoms with van der Waals surface area (Å²) >= 11 is 0.